The van der Waals surface area contributed by atoms with Crippen molar-refractivity contribution in [2.75, 3.05) is 38.3 Å². The molecule has 0 aliphatic rings. The van der Waals surface area contributed by atoms with Crippen molar-refractivity contribution in [1.82, 2.24) is 10.3 Å². The molecule has 0 saturated carbocycles. The number of methoxy groups -OCH3 is 1. The van der Waals surface area contributed by atoms with Crippen molar-refractivity contribution in [2.24, 2.45) is 0 Å². The van der Waals surface area contributed by atoms with Gasteiger partial charge in [0, 0.05) is 32.9 Å². The predicted octanol–water partition coefficient (Wildman–Crippen LogP) is 2.88. The highest BCUT2D eigenvalue weighted by Crippen LogP contribution is 2.13. The molecular formula is C20H27N3O3. The first-order chi connectivity index (χ1) is 12.7. The number of pyridine rings is 1. The maximum Gasteiger partial charge on any atom is 0.253 e. The molecule has 0 atom stereocenters. The molecule has 0 aliphatic heterocycles. The third-order valence-corrected chi connectivity index (χ3v) is 4.03. The number of ether oxygens (including phenoxy) is 2. The molecule has 2 rings (SSSR count). The Morgan fingerprint density at radius 2 is 1.81 bits per heavy atom. The molecule has 26 heavy (non-hydrogen) atoms. The van der Waals surface area contributed by atoms with Crippen LogP contribution in [0.4, 0.5) is 5.82 Å². The van der Waals surface area contributed by atoms with Crippen LogP contribution in [0, 0.1) is 0 Å². The maximum atomic E-state index is 12.3. The summed E-state index contributed by atoms with van der Waals surface area (Å²) in [5.74, 6) is 1.54. The van der Waals surface area contributed by atoms with E-state index in [0.29, 0.717) is 25.3 Å². The second kappa shape index (κ2) is 10.4. The van der Waals surface area contributed by atoms with Crippen molar-refractivity contribution in [2.45, 2.75) is 20.4 Å². The molecule has 0 aliphatic carbocycles. The minimum absolute atomic E-state index is 0.135. The lowest BCUT2D eigenvalue weighted by Crippen LogP contribution is -2.25. The Balaban J connectivity index is 1.86. The van der Waals surface area contributed by atoms with Crippen molar-refractivity contribution >= 4 is 11.7 Å². The normalized spacial score (nSPS) is 10.4. The highest BCUT2D eigenvalue weighted by atomic mass is 16.5. The molecule has 2 aromatic rings. The van der Waals surface area contributed by atoms with Gasteiger partial charge in [0.15, 0.2) is 0 Å². The minimum Gasteiger partial charge on any atom is -0.491 e. The largest absolute Gasteiger partial charge is 0.491 e. The molecule has 0 radical (unpaired) electrons. The van der Waals surface area contributed by atoms with Crippen LogP contribution < -0.4 is 15.0 Å². The quantitative estimate of drug-likeness (QED) is 0.663. The standard InChI is InChI=1S/C20H27N3O3/c1-4-23(5-2)19-11-8-17(15-21-19)20(24)22-14-16-6-9-18(10-7-16)26-13-12-25-3/h6-11,15H,4-5,12-14H2,1-3H3,(H,22,24). The maximum absolute atomic E-state index is 12.3. The third-order valence-electron chi connectivity index (χ3n) is 4.03. The number of carbonyl (C=O) groups excluding carboxylic acids is 1. The van der Waals surface area contributed by atoms with E-state index in [2.05, 4.69) is 29.0 Å². The zero-order valence-electron chi connectivity index (χ0n) is 15.7. The molecule has 6 nitrogen and oxygen atoms in total. The van der Waals surface area contributed by atoms with Crippen LogP contribution in [0.15, 0.2) is 42.6 Å². The van der Waals surface area contributed by atoms with Gasteiger partial charge in [0.2, 0.25) is 0 Å². The topological polar surface area (TPSA) is 63.7 Å². The van der Waals surface area contributed by atoms with Crippen LogP contribution in [0.2, 0.25) is 0 Å². The molecule has 1 aromatic carbocycles. The highest BCUT2D eigenvalue weighted by molar-refractivity contribution is 5.94. The monoisotopic (exact) mass is 357 g/mol. The van der Waals surface area contributed by atoms with Crippen molar-refractivity contribution in [3.8, 4) is 5.75 Å². The van der Waals surface area contributed by atoms with Crippen LogP contribution in [0.5, 0.6) is 5.75 Å². The van der Waals surface area contributed by atoms with Gasteiger partial charge < -0.3 is 19.7 Å². The second-order valence-corrected chi connectivity index (χ2v) is 5.75. The van der Waals surface area contributed by atoms with Crippen LogP contribution in [0.3, 0.4) is 0 Å². The predicted molar refractivity (Wildman–Crippen MR) is 103 cm³/mol. The van der Waals surface area contributed by atoms with Gasteiger partial charge in [-0.25, -0.2) is 4.98 Å². The number of amides is 1. The SMILES string of the molecule is CCN(CC)c1ccc(C(=O)NCc2ccc(OCCOC)cc2)cn1. The van der Waals surface area contributed by atoms with E-state index in [-0.39, 0.29) is 5.91 Å². The van der Waals surface area contributed by atoms with Crippen molar-refractivity contribution in [1.29, 1.82) is 0 Å². The Bertz CT molecular complexity index is 668. The average molecular weight is 357 g/mol. The summed E-state index contributed by atoms with van der Waals surface area (Å²) in [6, 6.07) is 11.3. The van der Waals surface area contributed by atoms with Gasteiger partial charge in [-0.3, -0.25) is 4.79 Å². The average Bonchev–Trinajstić information content (AvgIpc) is 2.69. The molecule has 1 heterocycles. The summed E-state index contributed by atoms with van der Waals surface area (Å²) in [4.78, 5) is 18.8. The summed E-state index contributed by atoms with van der Waals surface area (Å²) in [7, 11) is 1.64. The first kappa shape index (κ1) is 19.7. The Morgan fingerprint density at radius 3 is 2.38 bits per heavy atom. The van der Waals surface area contributed by atoms with Gasteiger partial charge in [0.05, 0.1) is 12.2 Å². The molecule has 0 saturated heterocycles. The fourth-order valence-corrected chi connectivity index (χ4v) is 2.49. The Kier molecular flexibility index (Phi) is 7.89. The van der Waals surface area contributed by atoms with Crippen LogP contribution >= 0.6 is 0 Å². The summed E-state index contributed by atoms with van der Waals surface area (Å²) in [5.41, 5.74) is 1.56. The lowest BCUT2D eigenvalue weighted by molar-refractivity contribution is 0.0950. The molecule has 0 spiro atoms. The van der Waals surface area contributed by atoms with Gasteiger partial charge in [-0.05, 0) is 43.7 Å². The number of nitrogens with zero attached hydrogens (tertiary/aromatic N) is 2. The van der Waals surface area contributed by atoms with Gasteiger partial charge >= 0.3 is 0 Å². The molecule has 0 bridgehead atoms. The molecular weight excluding hydrogens is 330 g/mol. The Labute approximate surface area is 155 Å². The highest BCUT2D eigenvalue weighted by Gasteiger charge is 2.08. The van der Waals surface area contributed by atoms with Crippen molar-refractivity contribution in [3.63, 3.8) is 0 Å². The van der Waals surface area contributed by atoms with E-state index < -0.39 is 0 Å². The number of aromatic nitrogens is 1. The van der Waals surface area contributed by atoms with E-state index in [1.165, 1.54) is 0 Å². The summed E-state index contributed by atoms with van der Waals surface area (Å²) in [6.45, 7) is 7.47. The number of benzene rings is 1. The second-order valence-electron chi connectivity index (χ2n) is 5.75. The summed E-state index contributed by atoms with van der Waals surface area (Å²) >= 11 is 0. The van der Waals surface area contributed by atoms with E-state index in [0.717, 1.165) is 30.2 Å². The number of nitrogens with one attached hydrogen (secondary N) is 1. The number of carbonyl (C=O) groups is 1. The van der Waals surface area contributed by atoms with Gasteiger partial charge in [-0.1, -0.05) is 12.1 Å². The Hall–Kier alpha value is -2.60. The van der Waals surface area contributed by atoms with Crippen LogP contribution in [-0.4, -0.2) is 44.3 Å². The molecule has 1 N–H and O–H groups in total. The summed E-state index contributed by atoms with van der Waals surface area (Å²) in [6.07, 6.45) is 1.62. The van der Waals surface area contributed by atoms with E-state index in [1.54, 1.807) is 13.3 Å². The lowest BCUT2D eigenvalue weighted by atomic mass is 10.2. The van der Waals surface area contributed by atoms with Crippen LogP contribution in [-0.2, 0) is 11.3 Å². The first-order valence-corrected chi connectivity index (χ1v) is 8.87. The zero-order valence-corrected chi connectivity index (χ0v) is 15.7. The first-order valence-electron chi connectivity index (χ1n) is 8.87. The molecule has 0 fully saturated rings. The molecule has 0 unspecified atom stereocenters. The fraction of sp³-hybridized carbons (Fsp3) is 0.400. The number of hydrogen-bond acceptors (Lipinski definition) is 5. The fourth-order valence-electron chi connectivity index (χ4n) is 2.49. The van der Waals surface area contributed by atoms with Crippen LogP contribution in [0.1, 0.15) is 29.8 Å². The number of anilines is 1. The lowest BCUT2D eigenvalue weighted by Gasteiger charge is -2.19. The third kappa shape index (κ3) is 5.74. The van der Waals surface area contributed by atoms with E-state index in [4.69, 9.17) is 9.47 Å². The Morgan fingerprint density at radius 1 is 1.08 bits per heavy atom. The van der Waals surface area contributed by atoms with Gasteiger partial charge in [0.1, 0.15) is 18.2 Å². The zero-order chi connectivity index (χ0) is 18.8. The van der Waals surface area contributed by atoms with Crippen molar-refractivity contribution in [3.05, 3.63) is 53.7 Å². The molecule has 6 heteroatoms. The summed E-state index contributed by atoms with van der Waals surface area (Å²) < 4.78 is 10.5. The van der Waals surface area contributed by atoms with Crippen LogP contribution in [0.25, 0.3) is 0 Å². The molecule has 1 amide bonds. The molecule has 140 valence electrons. The van der Waals surface area contributed by atoms with E-state index >= 15 is 0 Å². The van der Waals surface area contributed by atoms with E-state index in [1.807, 2.05) is 36.4 Å². The van der Waals surface area contributed by atoms with Crippen molar-refractivity contribution < 1.29 is 14.3 Å². The summed E-state index contributed by atoms with van der Waals surface area (Å²) in [5, 5.41) is 2.91. The van der Waals surface area contributed by atoms with Gasteiger partial charge in [0.25, 0.3) is 5.91 Å². The minimum atomic E-state index is -0.135. The number of rotatable bonds is 10. The smallest absolute Gasteiger partial charge is 0.253 e. The van der Waals surface area contributed by atoms with Gasteiger partial charge in [-0.2, -0.15) is 0 Å². The van der Waals surface area contributed by atoms with Gasteiger partial charge in [-0.15, -0.1) is 0 Å². The number of hydrogen-bond donors (Lipinski definition) is 1. The van der Waals surface area contributed by atoms with E-state index in [9.17, 15) is 4.79 Å². The molecule has 1 aromatic heterocycles.